The fourth-order valence-electron chi connectivity index (χ4n) is 3.36. The number of nitrogens with one attached hydrogen (secondary N) is 1. The van der Waals surface area contributed by atoms with E-state index in [2.05, 4.69) is 17.2 Å². The van der Waals surface area contributed by atoms with E-state index in [0.29, 0.717) is 5.82 Å². The van der Waals surface area contributed by atoms with Crippen molar-refractivity contribution in [1.29, 1.82) is 0 Å². The van der Waals surface area contributed by atoms with E-state index in [1.165, 1.54) is 23.3 Å². The van der Waals surface area contributed by atoms with Gasteiger partial charge in [0.15, 0.2) is 5.82 Å². The number of anilines is 1. The molecule has 0 saturated carbocycles. The monoisotopic (exact) mass is 354 g/mol. The molecule has 5 nitrogen and oxygen atoms in total. The number of aromatic nitrogens is 3. The van der Waals surface area contributed by atoms with Crippen LogP contribution >= 0.6 is 11.3 Å². The van der Waals surface area contributed by atoms with Gasteiger partial charge < -0.3 is 10.4 Å². The molecule has 0 bridgehead atoms. The van der Waals surface area contributed by atoms with Gasteiger partial charge in [-0.2, -0.15) is 0 Å². The summed E-state index contributed by atoms with van der Waals surface area (Å²) in [5.41, 5.74) is 2.31. The molecule has 1 atom stereocenters. The highest BCUT2D eigenvalue weighted by Gasteiger charge is 2.22. The Kier molecular flexibility index (Phi) is 4.63. The number of fused-ring (bicyclic) bond motifs is 3. The number of hydrogen-bond acceptors (Lipinski definition) is 6. The largest absolute Gasteiger partial charge is 0.394 e. The number of pyridine rings is 1. The summed E-state index contributed by atoms with van der Waals surface area (Å²) in [6, 6.07) is 3.88. The molecule has 1 aliphatic rings. The summed E-state index contributed by atoms with van der Waals surface area (Å²) >= 11 is 1.79. The lowest BCUT2D eigenvalue weighted by molar-refractivity contribution is 0.271. The molecule has 1 aliphatic carbocycles. The highest BCUT2D eigenvalue weighted by Crippen LogP contribution is 2.39. The number of aryl methyl sites for hydroxylation is 2. The SMILES string of the molecule is CC[C@@H](CO)Nc1nc(-c2cccnc2)nc2sc3c(c12)CCCC3. The van der Waals surface area contributed by atoms with Crippen molar-refractivity contribution in [3.8, 4) is 11.4 Å². The molecule has 2 N–H and O–H groups in total. The molecule has 0 radical (unpaired) electrons. The van der Waals surface area contributed by atoms with E-state index in [9.17, 15) is 5.11 Å². The summed E-state index contributed by atoms with van der Waals surface area (Å²) in [7, 11) is 0. The zero-order valence-corrected chi connectivity index (χ0v) is 15.1. The van der Waals surface area contributed by atoms with Crippen LogP contribution in [0.15, 0.2) is 24.5 Å². The maximum Gasteiger partial charge on any atom is 0.164 e. The van der Waals surface area contributed by atoms with Gasteiger partial charge in [-0.1, -0.05) is 6.92 Å². The van der Waals surface area contributed by atoms with Crippen LogP contribution in [0, 0.1) is 0 Å². The smallest absolute Gasteiger partial charge is 0.164 e. The Morgan fingerprint density at radius 3 is 2.92 bits per heavy atom. The quantitative estimate of drug-likeness (QED) is 0.729. The number of thiophene rings is 1. The van der Waals surface area contributed by atoms with E-state index in [1.807, 2.05) is 12.1 Å². The summed E-state index contributed by atoms with van der Waals surface area (Å²) in [6.07, 6.45) is 9.09. The van der Waals surface area contributed by atoms with Crippen molar-refractivity contribution in [2.45, 2.75) is 45.1 Å². The molecule has 3 heterocycles. The Morgan fingerprint density at radius 1 is 1.28 bits per heavy atom. The van der Waals surface area contributed by atoms with Crippen molar-refractivity contribution in [1.82, 2.24) is 15.0 Å². The third kappa shape index (κ3) is 3.12. The zero-order chi connectivity index (χ0) is 17.2. The maximum absolute atomic E-state index is 9.62. The first-order valence-corrected chi connectivity index (χ1v) is 9.72. The van der Waals surface area contributed by atoms with Crippen molar-refractivity contribution in [3.05, 3.63) is 35.0 Å². The average Bonchev–Trinajstić information content (AvgIpc) is 3.05. The highest BCUT2D eigenvalue weighted by atomic mass is 32.1. The van der Waals surface area contributed by atoms with Gasteiger partial charge in [0.05, 0.1) is 18.0 Å². The van der Waals surface area contributed by atoms with Crippen molar-refractivity contribution in [3.63, 3.8) is 0 Å². The van der Waals surface area contributed by atoms with Crippen molar-refractivity contribution < 1.29 is 5.11 Å². The van der Waals surface area contributed by atoms with Gasteiger partial charge in [0.25, 0.3) is 0 Å². The van der Waals surface area contributed by atoms with Crippen LogP contribution in [-0.4, -0.2) is 32.7 Å². The number of hydrogen-bond donors (Lipinski definition) is 2. The first-order chi connectivity index (χ1) is 12.3. The van der Waals surface area contributed by atoms with E-state index in [1.54, 1.807) is 23.7 Å². The molecular weight excluding hydrogens is 332 g/mol. The van der Waals surface area contributed by atoms with Crippen molar-refractivity contribution in [2.75, 3.05) is 11.9 Å². The van der Waals surface area contributed by atoms with Gasteiger partial charge in [-0.25, -0.2) is 9.97 Å². The molecule has 4 rings (SSSR count). The number of aliphatic hydroxyl groups excluding tert-OH is 1. The predicted octanol–water partition coefficient (Wildman–Crippen LogP) is 3.81. The van der Waals surface area contributed by atoms with Gasteiger partial charge >= 0.3 is 0 Å². The lowest BCUT2D eigenvalue weighted by atomic mass is 9.97. The molecule has 3 aromatic rings. The van der Waals surface area contributed by atoms with E-state index < -0.39 is 0 Å². The van der Waals surface area contributed by atoms with Gasteiger partial charge in [-0.3, -0.25) is 4.98 Å². The second-order valence-corrected chi connectivity index (χ2v) is 7.54. The summed E-state index contributed by atoms with van der Waals surface area (Å²) in [4.78, 5) is 16.3. The molecule has 0 aromatic carbocycles. The van der Waals surface area contributed by atoms with Crippen LogP contribution in [0.3, 0.4) is 0 Å². The summed E-state index contributed by atoms with van der Waals surface area (Å²) in [5, 5.41) is 14.2. The minimum atomic E-state index is -0.000936. The number of nitrogens with zero attached hydrogens (tertiary/aromatic N) is 3. The van der Waals surface area contributed by atoms with E-state index in [0.717, 1.165) is 40.9 Å². The topological polar surface area (TPSA) is 70.9 Å². The van der Waals surface area contributed by atoms with Gasteiger partial charge in [-0.05, 0) is 49.8 Å². The van der Waals surface area contributed by atoms with Crippen LogP contribution in [0.4, 0.5) is 5.82 Å². The molecule has 0 saturated heterocycles. The fourth-order valence-corrected chi connectivity index (χ4v) is 4.62. The maximum atomic E-state index is 9.62. The Bertz CT molecular complexity index is 874. The molecule has 0 amide bonds. The third-order valence-electron chi connectivity index (χ3n) is 4.79. The summed E-state index contributed by atoms with van der Waals surface area (Å²) < 4.78 is 0. The van der Waals surface area contributed by atoms with Crippen LogP contribution in [0.5, 0.6) is 0 Å². The summed E-state index contributed by atoms with van der Waals surface area (Å²) in [5.74, 6) is 1.54. The predicted molar refractivity (Wildman–Crippen MR) is 102 cm³/mol. The highest BCUT2D eigenvalue weighted by molar-refractivity contribution is 7.19. The third-order valence-corrected chi connectivity index (χ3v) is 5.97. The zero-order valence-electron chi connectivity index (χ0n) is 14.3. The fraction of sp³-hybridized carbons (Fsp3) is 0.421. The first-order valence-electron chi connectivity index (χ1n) is 8.90. The lowest BCUT2D eigenvalue weighted by Gasteiger charge is -2.18. The van der Waals surface area contributed by atoms with Gasteiger partial charge in [0, 0.05) is 22.8 Å². The Hall–Kier alpha value is -2.05. The Labute approximate surface area is 151 Å². The molecule has 0 unspecified atom stereocenters. The van der Waals surface area contributed by atoms with Crippen molar-refractivity contribution >= 4 is 27.4 Å². The molecule has 0 fully saturated rings. The van der Waals surface area contributed by atoms with E-state index >= 15 is 0 Å². The molecule has 6 heteroatoms. The van der Waals surface area contributed by atoms with E-state index in [4.69, 9.17) is 9.97 Å². The second-order valence-electron chi connectivity index (χ2n) is 6.46. The minimum absolute atomic E-state index is 0.000936. The Balaban J connectivity index is 1.89. The lowest BCUT2D eigenvalue weighted by Crippen LogP contribution is -2.23. The standard InChI is InChI=1S/C19H22N4OS/c1-2-13(11-24)21-18-16-14-7-3-4-8-15(14)25-19(16)23-17(22-18)12-6-5-9-20-10-12/h5-6,9-10,13,24H,2-4,7-8,11H2,1H3,(H,21,22,23)/t13-/m0/s1. The second kappa shape index (κ2) is 7.06. The van der Waals surface area contributed by atoms with Crippen molar-refractivity contribution in [2.24, 2.45) is 0 Å². The molecule has 130 valence electrons. The molecule has 0 aliphatic heterocycles. The normalized spacial score (nSPS) is 15.1. The molecular formula is C19H22N4OS. The van der Waals surface area contributed by atoms with E-state index in [-0.39, 0.29) is 12.6 Å². The molecule has 3 aromatic heterocycles. The van der Waals surface area contributed by atoms with Gasteiger partial charge in [0.1, 0.15) is 10.6 Å². The van der Waals surface area contributed by atoms with Crippen LogP contribution in [0.25, 0.3) is 21.6 Å². The van der Waals surface area contributed by atoms with Gasteiger partial charge in [0.2, 0.25) is 0 Å². The first kappa shape index (κ1) is 16.4. The average molecular weight is 354 g/mol. The summed E-state index contributed by atoms with van der Waals surface area (Å²) in [6.45, 7) is 2.16. The molecule has 0 spiro atoms. The number of aliphatic hydroxyl groups is 1. The van der Waals surface area contributed by atoms with Crippen LogP contribution in [0.1, 0.15) is 36.6 Å². The molecule has 25 heavy (non-hydrogen) atoms. The van der Waals surface area contributed by atoms with Gasteiger partial charge in [-0.15, -0.1) is 11.3 Å². The number of rotatable bonds is 5. The van der Waals surface area contributed by atoms with Crippen LogP contribution in [0.2, 0.25) is 0 Å². The van der Waals surface area contributed by atoms with Crippen LogP contribution < -0.4 is 5.32 Å². The minimum Gasteiger partial charge on any atom is -0.394 e. The Morgan fingerprint density at radius 2 is 2.16 bits per heavy atom. The van der Waals surface area contributed by atoms with Crippen LogP contribution in [-0.2, 0) is 12.8 Å².